The van der Waals surface area contributed by atoms with Gasteiger partial charge in [0.2, 0.25) is 0 Å². The van der Waals surface area contributed by atoms with Crippen LogP contribution in [0.3, 0.4) is 0 Å². The van der Waals surface area contributed by atoms with Gasteiger partial charge in [0.15, 0.2) is 5.03 Å². The molecule has 2 saturated heterocycles. The van der Waals surface area contributed by atoms with Crippen LogP contribution in [0.25, 0.3) is 0 Å². The summed E-state index contributed by atoms with van der Waals surface area (Å²) in [6.07, 6.45) is 3.06. The molecule has 1 aromatic heterocycles. The van der Waals surface area contributed by atoms with Crippen LogP contribution in [-0.2, 0) is 26.0 Å². The number of ether oxygens (including phenoxy) is 2. The first kappa shape index (κ1) is 16.9. The predicted molar refractivity (Wildman–Crippen MR) is 84.7 cm³/mol. The molecule has 2 aliphatic rings. The van der Waals surface area contributed by atoms with Gasteiger partial charge in [-0.25, -0.2) is 13.1 Å². The summed E-state index contributed by atoms with van der Waals surface area (Å²) in [7, 11) is -3.57. The molecule has 0 aliphatic carbocycles. The normalized spacial score (nSPS) is 24.9. The smallest absolute Gasteiger partial charge is 0.257 e. The summed E-state index contributed by atoms with van der Waals surface area (Å²) in [5.41, 5.74) is 0.477. The molecule has 1 aromatic rings. The number of hydrogen-bond acceptors (Lipinski definition) is 5. The van der Waals surface area contributed by atoms with Gasteiger partial charge in [-0.1, -0.05) is 0 Å². The SMILES string of the molecule is CCn1nc(C)cc1S(=O)(=O)NC1CCOC2(CCOCC2)C1. The zero-order chi connectivity index (χ0) is 16.5. The molecule has 8 heteroatoms. The van der Waals surface area contributed by atoms with Crippen LogP contribution in [0.1, 0.15) is 38.3 Å². The molecule has 2 aliphatic heterocycles. The fourth-order valence-electron chi connectivity index (χ4n) is 3.46. The maximum Gasteiger partial charge on any atom is 0.257 e. The molecule has 3 rings (SSSR count). The molecule has 7 nitrogen and oxygen atoms in total. The molecule has 0 radical (unpaired) electrons. The third-order valence-corrected chi connectivity index (χ3v) is 6.18. The number of rotatable bonds is 4. The minimum absolute atomic E-state index is 0.104. The minimum Gasteiger partial charge on any atom is -0.381 e. The topological polar surface area (TPSA) is 82.5 Å². The van der Waals surface area contributed by atoms with Gasteiger partial charge < -0.3 is 9.47 Å². The van der Waals surface area contributed by atoms with Crippen molar-refractivity contribution in [2.24, 2.45) is 0 Å². The van der Waals surface area contributed by atoms with Crippen LogP contribution in [0.5, 0.6) is 0 Å². The standard InChI is InChI=1S/C15H25N3O4S/c1-3-18-14(10-12(2)16-18)23(19,20)17-13-4-7-22-15(11-13)5-8-21-9-6-15/h10,13,17H,3-9,11H2,1-2H3. The second kappa shape index (κ2) is 6.51. The van der Waals surface area contributed by atoms with Crippen molar-refractivity contribution in [1.82, 2.24) is 14.5 Å². The predicted octanol–water partition coefficient (Wildman–Crippen LogP) is 1.22. The summed E-state index contributed by atoms with van der Waals surface area (Å²) >= 11 is 0. The molecule has 23 heavy (non-hydrogen) atoms. The van der Waals surface area contributed by atoms with E-state index in [1.165, 1.54) is 4.68 Å². The van der Waals surface area contributed by atoms with E-state index in [1.54, 1.807) is 13.0 Å². The average Bonchev–Trinajstić information content (AvgIpc) is 2.90. The highest BCUT2D eigenvalue weighted by Crippen LogP contribution is 2.34. The molecule has 3 heterocycles. The Morgan fingerprint density at radius 3 is 2.83 bits per heavy atom. The first-order chi connectivity index (χ1) is 10.9. The second-order valence-corrected chi connectivity index (χ2v) is 8.06. The lowest BCUT2D eigenvalue weighted by molar-refractivity contribution is -0.138. The first-order valence-corrected chi connectivity index (χ1v) is 9.71. The Bertz CT molecular complexity index is 644. The van der Waals surface area contributed by atoms with Crippen molar-refractivity contribution in [3.63, 3.8) is 0 Å². The van der Waals surface area contributed by atoms with Crippen LogP contribution >= 0.6 is 0 Å². The highest BCUT2D eigenvalue weighted by atomic mass is 32.2. The van der Waals surface area contributed by atoms with Gasteiger partial charge in [-0.05, 0) is 45.6 Å². The second-order valence-electron chi connectivity index (χ2n) is 6.39. The molecule has 0 saturated carbocycles. The maximum atomic E-state index is 12.7. The molecule has 2 fully saturated rings. The Balaban J connectivity index is 1.74. The van der Waals surface area contributed by atoms with Gasteiger partial charge in [-0.2, -0.15) is 5.10 Å². The van der Waals surface area contributed by atoms with Crippen molar-refractivity contribution in [2.75, 3.05) is 19.8 Å². The van der Waals surface area contributed by atoms with E-state index in [-0.39, 0.29) is 16.7 Å². The van der Waals surface area contributed by atoms with Crippen molar-refractivity contribution in [1.29, 1.82) is 0 Å². The molecular weight excluding hydrogens is 318 g/mol. The van der Waals surface area contributed by atoms with E-state index in [4.69, 9.17) is 9.47 Å². The van der Waals surface area contributed by atoms with E-state index in [1.807, 2.05) is 6.92 Å². The molecular formula is C15H25N3O4S. The number of sulfonamides is 1. The Labute approximate surface area is 137 Å². The van der Waals surface area contributed by atoms with Crippen LogP contribution in [0, 0.1) is 6.92 Å². The summed E-state index contributed by atoms with van der Waals surface area (Å²) in [4.78, 5) is 0. The Hall–Kier alpha value is -0.960. The van der Waals surface area contributed by atoms with E-state index in [0.29, 0.717) is 44.9 Å². The number of aryl methyl sites for hydroxylation is 2. The van der Waals surface area contributed by atoms with Crippen LogP contribution in [0.15, 0.2) is 11.1 Å². The molecule has 1 N–H and O–H groups in total. The molecule has 0 amide bonds. The quantitative estimate of drug-likeness (QED) is 0.889. The van der Waals surface area contributed by atoms with Crippen molar-refractivity contribution in [3.8, 4) is 0 Å². The third-order valence-electron chi connectivity index (χ3n) is 4.66. The maximum absolute atomic E-state index is 12.7. The molecule has 1 atom stereocenters. The molecule has 0 aromatic carbocycles. The zero-order valence-corrected chi connectivity index (χ0v) is 14.6. The Morgan fingerprint density at radius 2 is 2.13 bits per heavy atom. The number of aromatic nitrogens is 2. The fourth-order valence-corrected chi connectivity index (χ4v) is 5.00. The molecule has 130 valence electrons. The van der Waals surface area contributed by atoms with Crippen LogP contribution in [0.4, 0.5) is 0 Å². The number of nitrogens with zero attached hydrogens (tertiary/aromatic N) is 2. The summed E-state index contributed by atoms with van der Waals surface area (Å²) in [6, 6.07) is 1.52. The summed E-state index contributed by atoms with van der Waals surface area (Å²) in [5, 5.41) is 4.47. The Morgan fingerprint density at radius 1 is 1.39 bits per heavy atom. The van der Waals surface area contributed by atoms with Crippen molar-refractivity contribution >= 4 is 10.0 Å². The molecule has 1 unspecified atom stereocenters. The molecule has 0 bridgehead atoms. The monoisotopic (exact) mass is 343 g/mol. The van der Waals surface area contributed by atoms with Gasteiger partial charge in [0.1, 0.15) is 0 Å². The van der Waals surface area contributed by atoms with Gasteiger partial charge in [0.05, 0.1) is 11.3 Å². The van der Waals surface area contributed by atoms with Crippen molar-refractivity contribution in [2.45, 2.75) is 62.7 Å². The fraction of sp³-hybridized carbons (Fsp3) is 0.800. The van der Waals surface area contributed by atoms with E-state index >= 15 is 0 Å². The van der Waals surface area contributed by atoms with Crippen LogP contribution in [-0.4, -0.2) is 49.7 Å². The number of hydrogen-bond donors (Lipinski definition) is 1. The van der Waals surface area contributed by atoms with E-state index in [0.717, 1.165) is 12.8 Å². The van der Waals surface area contributed by atoms with Gasteiger partial charge >= 0.3 is 0 Å². The summed E-state index contributed by atoms with van der Waals surface area (Å²) < 4.78 is 41.2. The Kier molecular flexibility index (Phi) is 4.78. The van der Waals surface area contributed by atoms with E-state index in [2.05, 4.69) is 9.82 Å². The van der Waals surface area contributed by atoms with Crippen LogP contribution < -0.4 is 4.72 Å². The van der Waals surface area contributed by atoms with E-state index < -0.39 is 10.0 Å². The lowest BCUT2D eigenvalue weighted by atomic mass is 9.84. The van der Waals surface area contributed by atoms with Gasteiger partial charge in [-0.15, -0.1) is 0 Å². The van der Waals surface area contributed by atoms with E-state index in [9.17, 15) is 8.42 Å². The lowest BCUT2D eigenvalue weighted by Gasteiger charge is -2.43. The summed E-state index contributed by atoms with van der Waals surface area (Å²) in [6.45, 7) is 6.16. The summed E-state index contributed by atoms with van der Waals surface area (Å²) in [5.74, 6) is 0. The van der Waals surface area contributed by atoms with Gasteiger partial charge in [-0.3, -0.25) is 4.68 Å². The van der Waals surface area contributed by atoms with Crippen LogP contribution in [0.2, 0.25) is 0 Å². The van der Waals surface area contributed by atoms with Crippen molar-refractivity contribution < 1.29 is 17.9 Å². The number of nitrogens with one attached hydrogen (secondary N) is 1. The van der Waals surface area contributed by atoms with Gasteiger partial charge in [0.25, 0.3) is 10.0 Å². The molecule has 1 spiro atoms. The third kappa shape index (κ3) is 3.60. The van der Waals surface area contributed by atoms with Gasteiger partial charge in [0, 0.05) is 32.4 Å². The minimum atomic E-state index is -3.57. The first-order valence-electron chi connectivity index (χ1n) is 8.23. The highest BCUT2D eigenvalue weighted by Gasteiger charge is 2.40. The van der Waals surface area contributed by atoms with Crippen molar-refractivity contribution in [3.05, 3.63) is 11.8 Å². The zero-order valence-electron chi connectivity index (χ0n) is 13.7. The highest BCUT2D eigenvalue weighted by molar-refractivity contribution is 7.89. The largest absolute Gasteiger partial charge is 0.381 e. The average molecular weight is 343 g/mol. The lowest BCUT2D eigenvalue weighted by Crippen LogP contribution is -2.51.